The summed E-state index contributed by atoms with van der Waals surface area (Å²) in [5, 5.41) is 5.96. The molecule has 0 aromatic heterocycles. The lowest BCUT2D eigenvalue weighted by molar-refractivity contribution is 0.118. The summed E-state index contributed by atoms with van der Waals surface area (Å²) in [6.07, 6.45) is 0.414. The Morgan fingerprint density at radius 2 is 1.92 bits per heavy atom. The first-order valence-electron chi connectivity index (χ1n) is 7.84. The number of hydrogen-bond acceptors (Lipinski definition) is 3. The van der Waals surface area contributed by atoms with Gasteiger partial charge in [0, 0.05) is 18.8 Å². The van der Waals surface area contributed by atoms with E-state index in [-0.39, 0.29) is 12.1 Å². The number of ether oxygens (including phenoxy) is 1. The number of methoxy groups -OCH3 is 1. The molecule has 0 fully saturated rings. The number of carbonyl (C=O) groups is 2. The van der Waals surface area contributed by atoms with Crippen LogP contribution in [-0.2, 0) is 17.7 Å². The average molecular weight is 360 g/mol. The SMILES string of the molecule is COC(=O)N1CCc2ccc(NC(=O)Nc3ccccc3Cl)cc2C1. The predicted molar refractivity (Wildman–Crippen MR) is 97.1 cm³/mol. The molecular formula is C18H18ClN3O3. The summed E-state index contributed by atoms with van der Waals surface area (Å²) < 4.78 is 4.77. The Morgan fingerprint density at radius 3 is 2.68 bits per heavy atom. The first-order valence-corrected chi connectivity index (χ1v) is 8.22. The van der Waals surface area contributed by atoms with Crippen molar-refractivity contribution in [3.05, 3.63) is 58.6 Å². The fourth-order valence-corrected chi connectivity index (χ4v) is 2.95. The third-order valence-corrected chi connectivity index (χ3v) is 4.36. The molecule has 1 aliphatic heterocycles. The molecule has 0 radical (unpaired) electrons. The summed E-state index contributed by atoms with van der Waals surface area (Å²) >= 11 is 6.03. The van der Waals surface area contributed by atoms with Gasteiger partial charge in [-0.25, -0.2) is 9.59 Å². The number of benzene rings is 2. The normalized spacial score (nSPS) is 13.0. The monoisotopic (exact) mass is 359 g/mol. The van der Waals surface area contributed by atoms with Crippen molar-refractivity contribution in [1.82, 2.24) is 4.90 Å². The van der Waals surface area contributed by atoms with Crippen LogP contribution >= 0.6 is 11.6 Å². The topological polar surface area (TPSA) is 70.7 Å². The lowest BCUT2D eigenvalue weighted by Crippen LogP contribution is -2.35. The maximum absolute atomic E-state index is 12.2. The molecule has 3 amide bonds. The molecule has 3 rings (SSSR count). The van der Waals surface area contributed by atoms with Crippen LogP contribution in [0.25, 0.3) is 0 Å². The third kappa shape index (κ3) is 4.03. The summed E-state index contributed by atoms with van der Waals surface area (Å²) in [7, 11) is 1.37. The number of anilines is 2. The van der Waals surface area contributed by atoms with Crippen LogP contribution in [0.2, 0.25) is 5.02 Å². The van der Waals surface area contributed by atoms with Crippen molar-refractivity contribution in [2.24, 2.45) is 0 Å². The molecule has 2 N–H and O–H groups in total. The molecule has 2 aromatic rings. The molecule has 0 aliphatic carbocycles. The Balaban J connectivity index is 1.69. The molecule has 7 heteroatoms. The molecule has 0 atom stereocenters. The van der Waals surface area contributed by atoms with Gasteiger partial charge in [-0.3, -0.25) is 0 Å². The highest BCUT2D eigenvalue weighted by Gasteiger charge is 2.21. The Bertz CT molecular complexity index is 810. The Morgan fingerprint density at radius 1 is 1.12 bits per heavy atom. The lowest BCUT2D eigenvalue weighted by atomic mass is 9.99. The van der Waals surface area contributed by atoms with Crippen molar-refractivity contribution in [2.75, 3.05) is 24.3 Å². The molecule has 130 valence electrons. The van der Waals surface area contributed by atoms with Crippen molar-refractivity contribution in [2.45, 2.75) is 13.0 Å². The van der Waals surface area contributed by atoms with E-state index in [2.05, 4.69) is 10.6 Å². The molecule has 1 heterocycles. The van der Waals surface area contributed by atoms with Crippen molar-refractivity contribution in [3.63, 3.8) is 0 Å². The van der Waals surface area contributed by atoms with E-state index in [9.17, 15) is 9.59 Å². The molecule has 25 heavy (non-hydrogen) atoms. The zero-order chi connectivity index (χ0) is 17.8. The summed E-state index contributed by atoms with van der Waals surface area (Å²) in [5.74, 6) is 0. The van der Waals surface area contributed by atoms with Crippen LogP contribution in [0.15, 0.2) is 42.5 Å². The fraction of sp³-hybridized carbons (Fsp3) is 0.222. The van der Waals surface area contributed by atoms with Gasteiger partial charge in [-0.1, -0.05) is 29.8 Å². The molecule has 6 nitrogen and oxygen atoms in total. The number of amides is 3. The van der Waals surface area contributed by atoms with Crippen LogP contribution in [0.5, 0.6) is 0 Å². The minimum atomic E-state index is -0.381. The number of carbonyl (C=O) groups excluding carboxylic acids is 2. The van der Waals surface area contributed by atoms with E-state index >= 15 is 0 Å². The summed E-state index contributed by atoms with van der Waals surface area (Å²) in [5.41, 5.74) is 3.34. The van der Waals surface area contributed by atoms with E-state index in [1.807, 2.05) is 18.2 Å². The van der Waals surface area contributed by atoms with Gasteiger partial charge in [0.05, 0.1) is 17.8 Å². The minimum Gasteiger partial charge on any atom is -0.453 e. The zero-order valence-corrected chi connectivity index (χ0v) is 14.5. The number of urea groups is 1. The number of fused-ring (bicyclic) bond motifs is 1. The van der Waals surface area contributed by atoms with Gasteiger partial charge in [0.2, 0.25) is 0 Å². The van der Waals surface area contributed by atoms with Gasteiger partial charge in [0.25, 0.3) is 0 Å². The van der Waals surface area contributed by atoms with E-state index < -0.39 is 0 Å². The average Bonchev–Trinajstić information content (AvgIpc) is 2.62. The third-order valence-electron chi connectivity index (χ3n) is 4.03. The predicted octanol–water partition coefficient (Wildman–Crippen LogP) is 4.11. The molecule has 0 saturated heterocycles. The maximum Gasteiger partial charge on any atom is 0.409 e. The second-order valence-electron chi connectivity index (χ2n) is 5.68. The first-order chi connectivity index (χ1) is 12.1. The highest BCUT2D eigenvalue weighted by molar-refractivity contribution is 6.33. The van der Waals surface area contributed by atoms with Crippen LogP contribution in [0, 0.1) is 0 Å². The minimum absolute atomic E-state index is 0.347. The highest BCUT2D eigenvalue weighted by Crippen LogP contribution is 2.24. The number of para-hydroxylation sites is 1. The van der Waals surface area contributed by atoms with Crippen LogP contribution in [0.3, 0.4) is 0 Å². The number of hydrogen-bond donors (Lipinski definition) is 2. The lowest BCUT2D eigenvalue weighted by Gasteiger charge is -2.28. The molecule has 1 aliphatic rings. The van der Waals surface area contributed by atoms with E-state index in [0.29, 0.717) is 29.5 Å². The smallest absolute Gasteiger partial charge is 0.409 e. The second-order valence-corrected chi connectivity index (χ2v) is 6.09. The molecule has 0 spiro atoms. The number of halogens is 1. The molecule has 0 bridgehead atoms. The largest absolute Gasteiger partial charge is 0.453 e. The summed E-state index contributed by atoms with van der Waals surface area (Å²) in [6, 6.07) is 12.3. The zero-order valence-electron chi connectivity index (χ0n) is 13.7. The van der Waals surface area contributed by atoms with Crippen LogP contribution in [0.4, 0.5) is 21.0 Å². The Hall–Kier alpha value is -2.73. The van der Waals surface area contributed by atoms with Crippen LogP contribution in [-0.4, -0.2) is 30.7 Å². The van der Waals surface area contributed by atoms with Crippen LogP contribution < -0.4 is 10.6 Å². The molecule has 0 unspecified atom stereocenters. The number of nitrogens with zero attached hydrogens (tertiary/aromatic N) is 1. The van der Waals surface area contributed by atoms with E-state index in [0.717, 1.165) is 17.5 Å². The van der Waals surface area contributed by atoms with Crippen molar-refractivity contribution in [3.8, 4) is 0 Å². The maximum atomic E-state index is 12.2. The van der Waals surface area contributed by atoms with Gasteiger partial charge in [0.1, 0.15) is 0 Å². The van der Waals surface area contributed by atoms with E-state index in [4.69, 9.17) is 16.3 Å². The number of rotatable bonds is 2. The highest BCUT2D eigenvalue weighted by atomic mass is 35.5. The van der Waals surface area contributed by atoms with Gasteiger partial charge in [-0.05, 0) is 41.8 Å². The fourth-order valence-electron chi connectivity index (χ4n) is 2.77. The molecule has 0 saturated carbocycles. The van der Waals surface area contributed by atoms with Crippen LogP contribution in [0.1, 0.15) is 11.1 Å². The van der Waals surface area contributed by atoms with Gasteiger partial charge < -0.3 is 20.3 Å². The van der Waals surface area contributed by atoms with Gasteiger partial charge in [-0.2, -0.15) is 0 Å². The van der Waals surface area contributed by atoms with E-state index in [1.54, 1.807) is 29.2 Å². The first kappa shape index (κ1) is 17.1. The Labute approximate surface area is 150 Å². The van der Waals surface area contributed by atoms with Crippen molar-refractivity contribution >= 4 is 35.1 Å². The van der Waals surface area contributed by atoms with Gasteiger partial charge in [0.15, 0.2) is 0 Å². The van der Waals surface area contributed by atoms with E-state index in [1.165, 1.54) is 7.11 Å². The standard InChI is InChI=1S/C18H18ClN3O3/c1-25-18(24)22-9-8-12-6-7-14(10-13(12)11-22)20-17(23)21-16-5-3-2-4-15(16)19/h2-7,10H,8-9,11H2,1H3,(H2,20,21,23). The Kier molecular flexibility index (Phi) is 5.09. The quantitative estimate of drug-likeness (QED) is 0.847. The summed E-state index contributed by atoms with van der Waals surface area (Å²) in [6.45, 7) is 1.09. The van der Waals surface area contributed by atoms with Crippen molar-refractivity contribution < 1.29 is 14.3 Å². The second kappa shape index (κ2) is 7.44. The molecular weight excluding hydrogens is 342 g/mol. The molecule has 2 aromatic carbocycles. The summed E-state index contributed by atoms with van der Waals surface area (Å²) in [4.78, 5) is 25.5. The van der Waals surface area contributed by atoms with Crippen molar-refractivity contribution in [1.29, 1.82) is 0 Å². The number of nitrogens with one attached hydrogen (secondary N) is 2. The van der Waals surface area contributed by atoms with Gasteiger partial charge in [-0.15, -0.1) is 0 Å². The van der Waals surface area contributed by atoms with Gasteiger partial charge >= 0.3 is 12.1 Å².